The van der Waals surface area contributed by atoms with Crippen LogP contribution in [-0.4, -0.2) is 4.98 Å². The first-order chi connectivity index (χ1) is 8.95. The van der Waals surface area contributed by atoms with Gasteiger partial charge < -0.3 is 5.73 Å². The van der Waals surface area contributed by atoms with E-state index in [2.05, 4.69) is 50.0 Å². The van der Waals surface area contributed by atoms with Gasteiger partial charge in [0.25, 0.3) is 0 Å². The zero-order chi connectivity index (χ0) is 13.9. The zero-order valence-corrected chi connectivity index (χ0v) is 12.5. The molecule has 0 radical (unpaired) electrons. The molecule has 2 aromatic rings. The number of nitrogens with two attached hydrogens (primary N) is 1. The van der Waals surface area contributed by atoms with Crippen molar-refractivity contribution in [3.05, 3.63) is 53.7 Å². The van der Waals surface area contributed by atoms with E-state index in [0.717, 1.165) is 5.75 Å². The lowest BCUT2D eigenvalue weighted by Gasteiger charge is -2.19. The second kappa shape index (κ2) is 5.66. The largest absolute Gasteiger partial charge is 0.384 e. The molecule has 0 fully saturated rings. The van der Waals surface area contributed by atoms with E-state index >= 15 is 0 Å². The monoisotopic (exact) mass is 272 g/mol. The maximum Gasteiger partial charge on any atom is 0.123 e. The summed E-state index contributed by atoms with van der Waals surface area (Å²) in [7, 11) is 0. The Labute approximate surface area is 119 Å². The van der Waals surface area contributed by atoms with Crippen molar-refractivity contribution in [2.75, 3.05) is 5.73 Å². The van der Waals surface area contributed by atoms with Crippen molar-refractivity contribution < 1.29 is 0 Å². The number of aromatic nitrogens is 1. The molecule has 0 unspecified atom stereocenters. The number of benzene rings is 1. The van der Waals surface area contributed by atoms with Crippen LogP contribution in [0.2, 0.25) is 0 Å². The lowest BCUT2D eigenvalue weighted by atomic mass is 9.87. The van der Waals surface area contributed by atoms with Crippen molar-refractivity contribution in [1.29, 1.82) is 0 Å². The predicted octanol–water partition coefficient (Wildman–Crippen LogP) is 4.25. The maximum atomic E-state index is 5.67. The summed E-state index contributed by atoms with van der Waals surface area (Å²) in [6, 6.07) is 12.7. The first kappa shape index (κ1) is 13.9. The van der Waals surface area contributed by atoms with Crippen LogP contribution in [0.3, 0.4) is 0 Å². The molecule has 19 heavy (non-hydrogen) atoms. The van der Waals surface area contributed by atoms with Gasteiger partial charge in [-0.25, -0.2) is 4.98 Å². The Hall–Kier alpha value is -1.48. The van der Waals surface area contributed by atoms with Crippen LogP contribution in [0.15, 0.2) is 47.5 Å². The molecule has 100 valence electrons. The minimum atomic E-state index is 0.211. The summed E-state index contributed by atoms with van der Waals surface area (Å²) in [6.07, 6.45) is 1.76. The third kappa shape index (κ3) is 4.00. The van der Waals surface area contributed by atoms with Gasteiger partial charge in [0.1, 0.15) is 5.82 Å². The summed E-state index contributed by atoms with van der Waals surface area (Å²) < 4.78 is 0. The summed E-state index contributed by atoms with van der Waals surface area (Å²) >= 11 is 1.82. The molecule has 0 aliphatic heterocycles. The molecule has 0 saturated carbocycles. The molecule has 0 amide bonds. The molecular formula is C16H20N2S. The minimum absolute atomic E-state index is 0.211. The maximum absolute atomic E-state index is 5.67. The van der Waals surface area contributed by atoms with E-state index in [9.17, 15) is 0 Å². The highest BCUT2D eigenvalue weighted by Gasteiger charge is 2.12. The van der Waals surface area contributed by atoms with E-state index in [0.29, 0.717) is 5.82 Å². The Balaban J connectivity index is 2.01. The SMILES string of the molecule is CC(C)(C)c1ccc(SCc2ccnc(N)c2)cc1. The van der Waals surface area contributed by atoms with Gasteiger partial charge in [-0.1, -0.05) is 32.9 Å². The van der Waals surface area contributed by atoms with Crippen molar-refractivity contribution in [3.63, 3.8) is 0 Å². The first-order valence-corrected chi connectivity index (χ1v) is 7.37. The Morgan fingerprint density at radius 3 is 2.37 bits per heavy atom. The molecule has 0 aliphatic carbocycles. The smallest absolute Gasteiger partial charge is 0.123 e. The average Bonchev–Trinajstić information content (AvgIpc) is 2.36. The summed E-state index contributed by atoms with van der Waals surface area (Å²) in [4.78, 5) is 5.28. The highest BCUT2D eigenvalue weighted by atomic mass is 32.2. The molecule has 0 saturated heterocycles. The van der Waals surface area contributed by atoms with Gasteiger partial charge in [-0.3, -0.25) is 0 Å². The molecule has 0 aliphatic rings. The highest BCUT2D eigenvalue weighted by molar-refractivity contribution is 7.98. The van der Waals surface area contributed by atoms with E-state index < -0.39 is 0 Å². The van der Waals surface area contributed by atoms with Gasteiger partial charge in [-0.2, -0.15) is 0 Å². The number of thioether (sulfide) groups is 1. The van der Waals surface area contributed by atoms with Crippen molar-refractivity contribution in [3.8, 4) is 0 Å². The molecule has 1 aromatic heterocycles. The van der Waals surface area contributed by atoms with Crippen LogP contribution in [0.5, 0.6) is 0 Å². The van der Waals surface area contributed by atoms with Crippen LogP contribution in [0.1, 0.15) is 31.9 Å². The van der Waals surface area contributed by atoms with Crippen molar-refractivity contribution in [2.24, 2.45) is 0 Å². The predicted molar refractivity (Wildman–Crippen MR) is 83.4 cm³/mol. The topological polar surface area (TPSA) is 38.9 Å². The zero-order valence-electron chi connectivity index (χ0n) is 11.7. The quantitative estimate of drug-likeness (QED) is 0.849. The van der Waals surface area contributed by atoms with Crippen molar-refractivity contribution >= 4 is 17.6 Å². The second-order valence-electron chi connectivity index (χ2n) is 5.65. The van der Waals surface area contributed by atoms with Gasteiger partial charge in [-0.15, -0.1) is 11.8 Å². The molecule has 1 heterocycles. The molecular weight excluding hydrogens is 252 g/mol. The number of nitrogens with zero attached hydrogens (tertiary/aromatic N) is 1. The number of anilines is 1. The number of hydrogen-bond donors (Lipinski definition) is 1. The number of nitrogen functional groups attached to an aromatic ring is 1. The summed E-state index contributed by atoms with van der Waals surface area (Å²) in [5, 5.41) is 0. The van der Waals surface area contributed by atoms with Crippen LogP contribution in [-0.2, 0) is 11.2 Å². The third-order valence-corrected chi connectivity index (χ3v) is 4.05. The van der Waals surface area contributed by atoms with Gasteiger partial charge in [0.05, 0.1) is 0 Å². The highest BCUT2D eigenvalue weighted by Crippen LogP contribution is 2.27. The molecule has 2 rings (SSSR count). The van der Waals surface area contributed by atoms with Gasteiger partial charge >= 0.3 is 0 Å². The Morgan fingerprint density at radius 2 is 1.79 bits per heavy atom. The standard InChI is InChI=1S/C16H20N2S/c1-16(2,3)13-4-6-14(7-5-13)19-11-12-8-9-18-15(17)10-12/h4-10H,11H2,1-3H3,(H2,17,18). The molecule has 0 spiro atoms. The van der Waals surface area contributed by atoms with Crippen molar-refractivity contribution in [2.45, 2.75) is 36.8 Å². The van der Waals surface area contributed by atoms with E-state index in [4.69, 9.17) is 5.73 Å². The van der Waals surface area contributed by atoms with Gasteiger partial charge in [0, 0.05) is 16.8 Å². The summed E-state index contributed by atoms with van der Waals surface area (Å²) in [6.45, 7) is 6.69. The average molecular weight is 272 g/mol. The fraction of sp³-hybridized carbons (Fsp3) is 0.312. The lowest BCUT2D eigenvalue weighted by molar-refractivity contribution is 0.590. The van der Waals surface area contributed by atoms with Crippen LogP contribution >= 0.6 is 11.8 Å². The fourth-order valence-corrected chi connectivity index (χ4v) is 2.64. The Kier molecular flexibility index (Phi) is 4.15. The molecule has 0 atom stereocenters. The summed E-state index contributed by atoms with van der Waals surface area (Å²) in [5.41, 5.74) is 8.46. The van der Waals surface area contributed by atoms with E-state index in [1.54, 1.807) is 6.20 Å². The molecule has 3 heteroatoms. The second-order valence-corrected chi connectivity index (χ2v) is 6.70. The van der Waals surface area contributed by atoms with Crippen LogP contribution in [0, 0.1) is 0 Å². The van der Waals surface area contributed by atoms with Crippen LogP contribution in [0.25, 0.3) is 0 Å². The molecule has 2 nitrogen and oxygen atoms in total. The van der Waals surface area contributed by atoms with E-state index in [1.807, 2.05) is 23.9 Å². The Bertz CT molecular complexity index is 541. The normalized spacial score (nSPS) is 11.5. The number of hydrogen-bond acceptors (Lipinski definition) is 3. The fourth-order valence-electron chi connectivity index (χ4n) is 1.80. The third-order valence-electron chi connectivity index (χ3n) is 2.97. The van der Waals surface area contributed by atoms with Crippen molar-refractivity contribution in [1.82, 2.24) is 4.98 Å². The van der Waals surface area contributed by atoms with Gasteiger partial charge in [-0.05, 0) is 40.8 Å². The van der Waals surface area contributed by atoms with Crippen LogP contribution in [0.4, 0.5) is 5.82 Å². The Morgan fingerprint density at radius 1 is 1.11 bits per heavy atom. The summed E-state index contributed by atoms with van der Waals surface area (Å²) in [5.74, 6) is 1.50. The molecule has 2 N–H and O–H groups in total. The molecule has 0 bridgehead atoms. The minimum Gasteiger partial charge on any atom is -0.384 e. The van der Waals surface area contributed by atoms with E-state index in [-0.39, 0.29) is 5.41 Å². The number of rotatable bonds is 3. The van der Waals surface area contributed by atoms with Gasteiger partial charge in [0.2, 0.25) is 0 Å². The number of pyridine rings is 1. The van der Waals surface area contributed by atoms with E-state index in [1.165, 1.54) is 16.0 Å². The first-order valence-electron chi connectivity index (χ1n) is 6.39. The van der Waals surface area contributed by atoms with Gasteiger partial charge in [0.15, 0.2) is 0 Å². The molecule has 1 aromatic carbocycles. The van der Waals surface area contributed by atoms with Crippen LogP contribution < -0.4 is 5.73 Å². The lowest BCUT2D eigenvalue weighted by Crippen LogP contribution is -2.10.